The summed E-state index contributed by atoms with van der Waals surface area (Å²) in [7, 11) is 1.76. The van der Waals surface area contributed by atoms with Gasteiger partial charge in [0.25, 0.3) is 0 Å². The van der Waals surface area contributed by atoms with Gasteiger partial charge in [-0.25, -0.2) is 5.06 Å². The molecule has 1 aromatic carbocycles. The molecule has 0 spiro atoms. The minimum atomic E-state index is -0.512. The van der Waals surface area contributed by atoms with Gasteiger partial charge >= 0.3 is 0 Å². The Morgan fingerprint density at radius 1 is 1.24 bits per heavy atom. The minimum Gasteiger partial charge on any atom is -0.356 e. The topological polar surface area (TPSA) is 38.8 Å². The number of piperidine rings is 1. The average molecular weight is 382 g/mol. The van der Waals surface area contributed by atoms with Crippen LogP contribution < -0.4 is 0 Å². The van der Waals surface area contributed by atoms with Gasteiger partial charge in [0, 0.05) is 13.5 Å². The Kier molecular flexibility index (Phi) is 6.03. The van der Waals surface area contributed by atoms with Crippen LogP contribution in [0, 0.1) is 5.92 Å². The molecule has 3 rings (SSSR count). The molecule has 0 saturated carbocycles. The molecule has 0 aromatic heterocycles. The lowest BCUT2D eigenvalue weighted by molar-refractivity contribution is -0.259. The van der Waals surface area contributed by atoms with Gasteiger partial charge in [-0.15, -0.1) is 23.5 Å². The van der Waals surface area contributed by atoms with Gasteiger partial charge in [0.05, 0.1) is 0 Å². The maximum Gasteiger partial charge on any atom is 0.246 e. The summed E-state index contributed by atoms with van der Waals surface area (Å²) in [5, 5.41) is 1.64. The standard InChI is InChI=1S/C19H27NO3S2/c1-15-10-11-17(21)20(23-14-16-8-5-4-6-9-16)18(15,2)19(22-3)24-12-7-13-25-19/h4-6,8-9,15H,7,10-14H2,1-3H3/t15-,18-/m0/s1. The number of ether oxygens (including phenoxy) is 1. The number of carbonyl (C=O) groups is 1. The summed E-state index contributed by atoms with van der Waals surface area (Å²) >= 11 is 3.63. The Hall–Kier alpha value is -0.690. The Labute approximate surface area is 159 Å². The summed E-state index contributed by atoms with van der Waals surface area (Å²) in [6, 6.07) is 10.00. The van der Waals surface area contributed by atoms with Crippen molar-refractivity contribution < 1.29 is 14.4 Å². The highest BCUT2D eigenvalue weighted by atomic mass is 32.2. The molecule has 2 aliphatic rings. The van der Waals surface area contributed by atoms with Gasteiger partial charge in [-0.05, 0) is 42.8 Å². The van der Waals surface area contributed by atoms with Crippen molar-refractivity contribution in [3.8, 4) is 0 Å². The van der Waals surface area contributed by atoms with Crippen LogP contribution in [0.25, 0.3) is 0 Å². The predicted molar refractivity (Wildman–Crippen MR) is 104 cm³/mol. The summed E-state index contributed by atoms with van der Waals surface area (Å²) in [5.41, 5.74) is 0.549. The summed E-state index contributed by atoms with van der Waals surface area (Å²) in [6.07, 6.45) is 2.57. The number of hydrogen-bond acceptors (Lipinski definition) is 5. The van der Waals surface area contributed by atoms with Crippen molar-refractivity contribution in [3.05, 3.63) is 35.9 Å². The van der Waals surface area contributed by atoms with Crippen LogP contribution in [-0.4, -0.2) is 39.4 Å². The zero-order valence-electron chi connectivity index (χ0n) is 15.2. The van der Waals surface area contributed by atoms with Crippen molar-refractivity contribution in [2.45, 2.75) is 49.5 Å². The molecule has 1 amide bonds. The quantitative estimate of drug-likeness (QED) is 0.760. The number of nitrogens with zero attached hydrogens (tertiary/aromatic N) is 1. The number of carbonyl (C=O) groups excluding carboxylic acids is 1. The number of hydrogen-bond donors (Lipinski definition) is 0. The van der Waals surface area contributed by atoms with Crippen molar-refractivity contribution in [3.63, 3.8) is 0 Å². The third-order valence-electron chi connectivity index (χ3n) is 5.36. The average Bonchev–Trinajstić information content (AvgIpc) is 2.66. The van der Waals surface area contributed by atoms with Gasteiger partial charge in [-0.2, -0.15) is 0 Å². The van der Waals surface area contributed by atoms with Gasteiger partial charge in [-0.1, -0.05) is 37.3 Å². The second-order valence-electron chi connectivity index (χ2n) is 6.85. The number of benzene rings is 1. The first-order chi connectivity index (χ1) is 12.0. The largest absolute Gasteiger partial charge is 0.356 e. The van der Waals surface area contributed by atoms with E-state index in [4.69, 9.17) is 9.57 Å². The van der Waals surface area contributed by atoms with E-state index < -0.39 is 9.80 Å². The molecule has 2 atom stereocenters. The minimum absolute atomic E-state index is 0.0553. The fourth-order valence-electron chi connectivity index (χ4n) is 3.66. The molecule has 2 saturated heterocycles. The van der Waals surface area contributed by atoms with Crippen LogP contribution in [0.4, 0.5) is 0 Å². The van der Waals surface area contributed by atoms with Crippen LogP contribution in [0.1, 0.15) is 38.7 Å². The van der Waals surface area contributed by atoms with Crippen molar-refractivity contribution in [2.75, 3.05) is 18.6 Å². The van der Waals surface area contributed by atoms with Crippen molar-refractivity contribution in [1.82, 2.24) is 5.06 Å². The Morgan fingerprint density at radius 2 is 1.92 bits per heavy atom. The predicted octanol–water partition coefficient (Wildman–Crippen LogP) is 4.31. The van der Waals surface area contributed by atoms with Gasteiger partial charge in [0.15, 0.2) is 4.27 Å². The zero-order valence-corrected chi connectivity index (χ0v) is 16.8. The maximum absolute atomic E-state index is 12.8. The second-order valence-corrected chi connectivity index (χ2v) is 9.65. The van der Waals surface area contributed by atoms with E-state index in [0.717, 1.165) is 23.5 Å². The molecule has 0 bridgehead atoms. The first kappa shape index (κ1) is 19.1. The third-order valence-corrected chi connectivity index (χ3v) is 8.98. The number of rotatable bonds is 5. The molecule has 2 fully saturated rings. The van der Waals surface area contributed by atoms with Crippen LogP contribution >= 0.6 is 23.5 Å². The molecule has 0 N–H and O–H groups in total. The fourth-order valence-corrected chi connectivity index (χ4v) is 7.18. The summed E-state index contributed by atoms with van der Waals surface area (Å²) in [5.74, 6) is 2.44. The SMILES string of the molecule is COC1([C@]2(C)[C@@H](C)CCC(=O)N2OCc2ccccc2)SCCCS1. The van der Waals surface area contributed by atoms with Gasteiger partial charge < -0.3 is 4.74 Å². The Bertz CT molecular complexity index is 592. The lowest BCUT2D eigenvalue weighted by Crippen LogP contribution is -2.67. The van der Waals surface area contributed by atoms with E-state index in [9.17, 15) is 4.79 Å². The Morgan fingerprint density at radius 3 is 2.56 bits per heavy atom. The number of hydroxylamine groups is 2. The van der Waals surface area contributed by atoms with E-state index in [2.05, 4.69) is 13.8 Å². The Balaban J connectivity index is 1.89. The molecule has 1 aromatic rings. The van der Waals surface area contributed by atoms with Crippen LogP contribution in [0.3, 0.4) is 0 Å². The van der Waals surface area contributed by atoms with Crippen molar-refractivity contribution in [1.29, 1.82) is 0 Å². The normalized spacial score (nSPS) is 29.6. The fraction of sp³-hybridized carbons (Fsp3) is 0.632. The van der Waals surface area contributed by atoms with Crippen LogP contribution in [0.2, 0.25) is 0 Å². The van der Waals surface area contributed by atoms with Crippen LogP contribution in [-0.2, 0) is 21.0 Å². The first-order valence-corrected chi connectivity index (χ1v) is 10.8. The first-order valence-electron chi connectivity index (χ1n) is 8.86. The monoisotopic (exact) mass is 381 g/mol. The molecule has 4 nitrogen and oxygen atoms in total. The van der Waals surface area contributed by atoms with E-state index >= 15 is 0 Å². The summed E-state index contributed by atoms with van der Waals surface area (Å²) in [4.78, 5) is 18.9. The van der Waals surface area contributed by atoms with E-state index in [1.54, 1.807) is 12.2 Å². The molecule has 25 heavy (non-hydrogen) atoms. The van der Waals surface area contributed by atoms with Crippen molar-refractivity contribution >= 4 is 29.4 Å². The smallest absolute Gasteiger partial charge is 0.246 e. The highest BCUT2D eigenvalue weighted by Crippen LogP contribution is 2.56. The van der Waals surface area contributed by atoms with E-state index in [-0.39, 0.29) is 5.91 Å². The van der Waals surface area contributed by atoms with Gasteiger partial charge in [-0.3, -0.25) is 9.63 Å². The summed E-state index contributed by atoms with van der Waals surface area (Å²) in [6.45, 7) is 4.74. The molecule has 138 valence electrons. The highest BCUT2D eigenvalue weighted by Gasteiger charge is 2.61. The molecular weight excluding hydrogens is 354 g/mol. The molecule has 0 aliphatic carbocycles. The summed E-state index contributed by atoms with van der Waals surface area (Å²) < 4.78 is 5.59. The molecule has 2 heterocycles. The zero-order chi connectivity index (χ0) is 17.9. The second kappa shape index (κ2) is 7.91. The van der Waals surface area contributed by atoms with Crippen molar-refractivity contribution in [2.24, 2.45) is 5.92 Å². The maximum atomic E-state index is 12.8. The van der Waals surface area contributed by atoms with E-state index in [0.29, 0.717) is 18.9 Å². The van der Waals surface area contributed by atoms with E-state index in [1.807, 2.05) is 53.9 Å². The van der Waals surface area contributed by atoms with Gasteiger partial charge in [0.2, 0.25) is 5.91 Å². The number of thioether (sulfide) groups is 2. The lowest BCUT2D eigenvalue weighted by atomic mass is 9.80. The third kappa shape index (κ3) is 3.46. The number of amides is 1. The van der Waals surface area contributed by atoms with E-state index in [1.165, 1.54) is 6.42 Å². The lowest BCUT2D eigenvalue weighted by Gasteiger charge is -2.57. The highest BCUT2D eigenvalue weighted by molar-refractivity contribution is 8.18. The van der Waals surface area contributed by atoms with Crippen LogP contribution in [0.5, 0.6) is 0 Å². The molecule has 0 unspecified atom stereocenters. The molecular formula is C19H27NO3S2. The van der Waals surface area contributed by atoms with Crippen LogP contribution in [0.15, 0.2) is 30.3 Å². The van der Waals surface area contributed by atoms with Gasteiger partial charge in [0.1, 0.15) is 12.1 Å². The molecule has 0 radical (unpaired) electrons. The molecule has 2 aliphatic heterocycles. The number of methoxy groups -OCH3 is 1. The molecule has 6 heteroatoms.